The number of amides is 1. The van der Waals surface area contributed by atoms with Gasteiger partial charge < -0.3 is 14.4 Å². The summed E-state index contributed by atoms with van der Waals surface area (Å²) in [6.45, 7) is 3.95. The van der Waals surface area contributed by atoms with Crippen molar-refractivity contribution in [3.63, 3.8) is 0 Å². The molecular weight excluding hydrogens is 342 g/mol. The fraction of sp³-hybridized carbons (Fsp3) is 0.273. The molecule has 1 fully saturated rings. The molecule has 0 N–H and O–H groups in total. The molecule has 5 nitrogen and oxygen atoms in total. The zero-order chi connectivity index (χ0) is 19.4. The Bertz CT molecular complexity index is 816. The highest BCUT2D eigenvalue weighted by atomic mass is 16.5. The van der Waals surface area contributed by atoms with E-state index in [0.29, 0.717) is 17.9 Å². The molecule has 0 spiro atoms. The third-order valence-corrected chi connectivity index (χ3v) is 5.01. The number of rotatable bonds is 5. The molecule has 140 valence electrons. The molecule has 2 aromatic carbocycles. The Hall–Kier alpha value is -3.08. The fourth-order valence-corrected chi connectivity index (χ4v) is 3.64. The molecule has 3 rings (SSSR count). The number of ether oxygens (including phenoxy) is 2. The lowest BCUT2D eigenvalue weighted by Gasteiger charge is -2.43. The van der Waals surface area contributed by atoms with E-state index in [1.54, 1.807) is 24.1 Å². The fourth-order valence-electron chi connectivity index (χ4n) is 3.64. The lowest BCUT2D eigenvalue weighted by Crippen LogP contribution is -2.50. The smallest absolute Gasteiger partial charge is 0.318 e. The Kier molecular flexibility index (Phi) is 5.60. The van der Waals surface area contributed by atoms with Crippen LogP contribution in [0, 0.1) is 11.8 Å². The van der Waals surface area contributed by atoms with Crippen LogP contribution in [-0.2, 0) is 14.3 Å². The first-order chi connectivity index (χ1) is 13.1. The molecule has 5 heteroatoms. The molecule has 27 heavy (non-hydrogen) atoms. The summed E-state index contributed by atoms with van der Waals surface area (Å²) in [6.07, 6.45) is 2.19. The Morgan fingerprint density at radius 1 is 1.11 bits per heavy atom. The zero-order valence-electron chi connectivity index (χ0n) is 15.5. The van der Waals surface area contributed by atoms with Gasteiger partial charge in [-0.05, 0) is 36.2 Å². The molecule has 1 aliphatic heterocycles. The molecule has 1 aliphatic rings. The van der Waals surface area contributed by atoms with Gasteiger partial charge in [0.2, 0.25) is 5.91 Å². The van der Waals surface area contributed by atoms with Crippen LogP contribution in [0.2, 0.25) is 0 Å². The quantitative estimate of drug-likeness (QED) is 0.460. The monoisotopic (exact) mass is 365 g/mol. The topological polar surface area (TPSA) is 55.8 Å². The highest BCUT2D eigenvalue weighted by Crippen LogP contribution is 2.42. The molecule has 0 aliphatic carbocycles. The normalized spacial score (nSPS) is 22.2. The van der Waals surface area contributed by atoms with Crippen LogP contribution in [0.25, 0.3) is 0 Å². The third-order valence-electron chi connectivity index (χ3n) is 5.01. The highest BCUT2D eigenvalue weighted by molar-refractivity contribution is 6.07. The van der Waals surface area contributed by atoms with Crippen LogP contribution in [0.1, 0.15) is 18.0 Å². The molecule has 1 unspecified atom stereocenters. The van der Waals surface area contributed by atoms with Gasteiger partial charge in [0.25, 0.3) is 0 Å². The van der Waals surface area contributed by atoms with Crippen LogP contribution < -0.4 is 9.64 Å². The van der Waals surface area contributed by atoms with Crippen molar-refractivity contribution < 1.29 is 19.1 Å². The third kappa shape index (κ3) is 3.58. The van der Waals surface area contributed by atoms with Gasteiger partial charge >= 0.3 is 5.97 Å². The first-order valence-electron chi connectivity index (χ1n) is 8.83. The molecule has 0 aromatic heterocycles. The summed E-state index contributed by atoms with van der Waals surface area (Å²) in [4.78, 5) is 27.2. The zero-order valence-corrected chi connectivity index (χ0v) is 15.5. The van der Waals surface area contributed by atoms with Gasteiger partial charge in [-0.1, -0.05) is 36.4 Å². The average Bonchev–Trinajstić information content (AvgIpc) is 2.73. The molecule has 0 bridgehead atoms. The molecular formula is C22H23NO4. The Balaban J connectivity index is 2.11. The van der Waals surface area contributed by atoms with Gasteiger partial charge in [-0.2, -0.15) is 0 Å². The minimum Gasteiger partial charge on any atom is -0.497 e. The van der Waals surface area contributed by atoms with E-state index in [0.717, 1.165) is 5.56 Å². The lowest BCUT2D eigenvalue weighted by atomic mass is 9.79. The minimum atomic E-state index is -0.847. The molecule has 3 atom stereocenters. The minimum absolute atomic E-state index is 0.0868. The SMILES string of the molecule is C=C[C@@H]1CC(C(=O)OC)C(=O)N(c2ccc(OC)cc2)[C@@H]1c1ccccc1. The van der Waals surface area contributed by atoms with E-state index >= 15 is 0 Å². The number of carbonyl (C=O) groups is 2. The largest absolute Gasteiger partial charge is 0.497 e. The summed E-state index contributed by atoms with van der Waals surface area (Å²) in [7, 11) is 2.90. The number of benzene rings is 2. The summed E-state index contributed by atoms with van der Waals surface area (Å²) < 4.78 is 10.1. The van der Waals surface area contributed by atoms with Gasteiger partial charge in [0.1, 0.15) is 11.7 Å². The molecule has 2 aromatic rings. The van der Waals surface area contributed by atoms with Crippen molar-refractivity contribution in [1.82, 2.24) is 0 Å². The number of hydrogen-bond donors (Lipinski definition) is 0. The molecule has 1 heterocycles. The second-order valence-corrected chi connectivity index (χ2v) is 6.47. The number of hydrogen-bond acceptors (Lipinski definition) is 4. The van der Waals surface area contributed by atoms with Crippen LogP contribution in [0.4, 0.5) is 5.69 Å². The number of piperidine rings is 1. The van der Waals surface area contributed by atoms with E-state index < -0.39 is 11.9 Å². The van der Waals surface area contributed by atoms with E-state index in [1.807, 2.05) is 48.5 Å². The van der Waals surface area contributed by atoms with Gasteiger partial charge in [0.05, 0.1) is 20.3 Å². The number of anilines is 1. The summed E-state index contributed by atoms with van der Waals surface area (Å²) in [5, 5.41) is 0. The maximum absolute atomic E-state index is 13.3. The maximum Gasteiger partial charge on any atom is 0.318 e. The predicted octanol–water partition coefficient (Wildman–Crippen LogP) is 3.76. The van der Waals surface area contributed by atoms with E-state index in [-0.39, 0.29) is 17.9 Å². The van der Waals surface area contributed by atoms with Crippen molar-refractivity contribution in [2.24, 2.45) is 11.8 Å². The summed E-state index contributed by atoms with van der Waals surface area (Å²) in [5.41, 5.74) is 1.70. The van der Waals surface area contributed by atoms with Crippen molar-refractivity contribution in [3.05, 3.63) is 72.8 Å². The average molecular weight is 365 g/mol. The van der Waals surface area contributed by atoms with Gasteiger partial charge in [-0.25, -0.2) is 0 Å². The van der Waals surface area contributed by atoms with Crippen LogP contribution in [0.5, 0.6) is 5.75 Å². The first-order valence-corrected chi connectivity index (χ1v) is 8.83. The Labute approximate surface area is 159 Å². The van der Waals surface area contributed by atoms with E-state index in [4.69, 9.17) is 9.47 Å². The Morgan fingerprint density at radius 2 is 1.78 bits per heavy atom. The van der Waals surface area contributed by atoms with Crippen molar-refractivity contribution in [1.29, 1.82) is 0 Å². The summed E-state index contributed by atoms with van der Waals surface area (Å²) in [5.74, 6) is -1.02. The lowest BCUT2D eigenvalue weighted by molar-refractivity contribution is -0.151. The summed E-state index contributed by atoms with van der Waals surface area (Å²) in [6, 6.07) is 16.8. The van der Waals surface area contributed by atoms with Gasteiger partial charge in [-0.15, -0.1) is 6.58 Å². The maximum atomic E-state index is 13.3. The second-order valence-electron chi connectivity index (χ2n) is 6.47. The van der Waals surface area contributed by atoms with Crippen molar-refractivity contribution in [2.75, 3.05) is 19.1 Å². The molecule has 0 saturated carbocycles. The van der Waals surface area contributed by atoms with Gasteiger partial charge in [0, 0.05) is 11.6 Å². The summed E-state index contributed by atoms with van der Waals surface area (Å²) >= 11 is 0. The van der Waals surface area contributed by atoms with Gasteiger partial charge in [-0.3, -0.25) is 9.59 Å². The number of carbonyl (C=O) groups excluding carboxylic acids is 2. The Morgan fingerprint density at radius 3 is 2.33 bits per heavy atom. The number of methoxy groups -OCH3 is 2. The van der Waals surface area contributed by atoms with Crippen molar-refractivity contribution in [3.8, 4) is 5.75 Å². The predicted molar refractivity (Wildman–Crippen MR) is 103 cm³/mol. The van der Waals surface area contributed by atoms with Crippen LogP contribution in [-0.4, -0.2) is 26.1 Å². The van der Waals surface area contributed by atoms with Crippen LogP contribution >= 0.6 is 0 Å². The van der Waals surface area contributed by atoms with E-state index in [1.165, 1.54) is 7.11 Å². The van der Waals surface area contributed by atoms with Crippen LogP contribution in [0.15, 0.2) is 67.3 Å². The second kappa shape index (κ2) is 8.08. The number of nitrogens with zero attached hydrogens (tertiary/aromatic N) is 1. The van der Waals surface area contributed by atoms with E-state index in [2.05, 4.69) is 6.58 Å². The van der Waals surface area contributed by atoms with Crippen molar-refractivity contribution >= 4 is 17.6 Å². The first kappa shape index (κ1) is 18.7. The number of esters is 1. The van der Waals surface area contributed by atoms with Gasteiger partial charge in [0.15, 0.2) is 0 Å². The molecule has 0 radical (unpaired) electrons. The molecule has 1 saturated heterocycles. The van der Waals surface area contributed by atoms with Crippen molar-refractivity contribution in [2.45, 2.75) is 12.5 Å². The van der Waals surface area contributed by atoms with Crippen LogP contribution in [0.3, 0.4) is 0 Å². The molecule has 1 amide bonds. The van der Waals surface area contributed by atoms with E-state index in [9.17, 15) is 9.59 Å². The standard InChI is InChI=1S/C22H23NO4/c1-4-15-14-19(22(25)27-3)21(24)23(17-10-12-18(26-2)13-11-17)20(15)16-8-6-5-7-9-16/h4-13,15,19-20H,1,14H2,2-3H3/t15-,19?,20+/m1/s1. The highest BCUT2D eigenvalue weighted by Gasteiger charge is 2.45.